The zero-order valence-electron chi connectivity index (χ0n) is 20.7. The summed E-state index contributed by atoms with van der Waals surface area (Å²) in [6.07, 6.45) is -2.15. The Morgan fingerprint density at radius 3 is 2.24 bits per heavy atom. The van der Waals surface area contributed by atoms with Crippen molar-refractivity contribution < 1.29 is 24.5 Å². The molecule has 3 aromatic carbocycles. The van der Waals surface area contributed by atoms with Gasteiger partial charge >= 0.3 is 0 Å². The van der Waals surface area contributed by atoms with Gasteiger partial charge in [0.15, 0.2) is 5.72 Å². The van der Waals surface area contributed by atoms with Crippen LogP contribution in [0.25, 0.3) is 43.6 Å². The molecule has 2 amide bonds. The molecule has 1 saturated heterocycles. The fourth-order valence-electron chi connectivity index (χ4n) is 7.15. The normalized spacial score (nSPS) is 26.4. The van der Waals surface area contributed by atoms with Gasteiger partial charge in [0.05, 0.1) is 39.3 Å². The quantitative estimate of drug-likeness (QED) is 0.321. The van der Waals surface area contributed by atoms with Gasteiger partial charge in [-0.3, -0.25) is 14.5 Å². The van der Waals surface area contributed by atoms with Gasteiger partial charge in [-0.1, -0.05) is 36.4 Å². The molecule has 3 aliphatic heterocycles. The number of carbonyl (C=O) groups is 2. The molecule has 2 bridgehead atoms. The molecule has 4 atom stereocenters. The van der Waals surface area contributed by atoms with Crippen LogP contribution in [0.3, 0.4) is 0 Å². The number of amides is 2. The van der Waals surface area contributed by atoms with E-state index in [-0.39, 0.29) is 24.8 Å². The molecular formula is C29H26N4O5. The first kappa shape index (κ1) is 22.2. The van der Waals surface area contributed by atoms with Crippen LogP contribution in [0.15, 0.2) is 48.5 Å². The Balaban J connectivity index is 1.68. The number of carbonyl (C=O) groups excluding carboxylic acids is 2. The molecular weight excluding hydrogens is 484 g/mol. The molecule has 5 heterocycles. The van der Waals surface area contributed by atoms with E-state index >= 15 is 0 Å². The second-order valence-corrected chi connectivity index (χ2v) is 10.7. The van der Waals surface area contributed by atoms with Crippen LogP contribution in [-0.2, 0) is 10.5 Å². The molecule has 0 radical (unpaired) electrons. The van der Waals surface area contributed by atoms with E-state index in [9.17, 15) is 19.8 Å². The Bertz CT molecular complexity index is 1890. The van der Waals surface area contributed by atoms with E-state index in [1.165, 1.54) is 4.90 Å². The van der Waals surface area contributed by atoms with E-state index in [0.717, 1.165) is 32.8 Å². The number of nitrogens with two attached hydrogens (primary N) is 1. The molecule has 5 aromatic rings. The van der Waals surface area contributed by atoms with Gasteiger partial charge in [0.1, 0.15) is 12.3 Å². The molecule has 0 spiro atoms. The van der Waals surface area contributed by atoms with Gasteiger partial charge < -0.3 is 29.8 Å². The highest BCUT2D eigenvalue weighted by Crippen LogP contribution is 2.53. The lowest BCUT2D eigenvalue weighted by atomic mass is 9.95. The Labute approximate surface area is 216 Å². The molecule has 9 nitrogen and oxygen atoms in total. The largest absolute Gasteiger partial charge is 0.390 e. The molecule has 8 rings (SSSR count). The fourth-order valence-corrected chi connectivity index (χ4v) is 7.15. The van der Waals surface area contributed by atoms with Crippen LogP contribution in [0.5, 0.6) is 0 Å². The maximum Gasteiger partial charge on any atom is 0.262 e. The molecule has 0 aliphatic carbocycles. The molecule has 1 fully saturated rings. The first-order valence-corrected chi connectivity index (χ1v) is 13.0. The number of aliphatic hydroxyl groups excluding tert-OH is 2. The van der Waals surface area contributed by atoms with Crippen molar-refractivity contribution in [2.24, 2.45) is 5.73 Å². The fraction of sp³-hybridized carbons (Fsp3) is 0.310. The number of rotatable bonds is 3. The summed E-state index contributed by atoms with van der Waals surface area (Å²) in [7, 11) is 0. The smallest absolute Gasteiger partial charge is 0.262 e. The molecule has 3 aliphatic rings. The lowest BCUT2D eigenvalue weighted by Gasteiger charge is -2.45. The van der Waals surface area contributed by atoms with E-state index in [0.29, 0.717) is 34.9 Å². The molecule has 9 heteroatoms. The molecule has 1 unspecified atom stereocenters. The lowest BCUT2D eigenvalue weighted by molar-refractivity contribution is -0.272. The van der Waals surface area contributed by atoms with Crippen molar-refractivity contribution >= 4 is 55.4 Å². The summed E-state index contributed by atoms with van der Waals surface area (Å²) in [5.41, 5.74) is 8.28. The highest BCUT2D eigenvalue weighted by Gasteiger charge is 2.53. The van der Waals surface area contributed by atoms with Crippen molar-refractivity contribution in [2.45, 2.75) is 43.9 Å². The number of hydrogen-bond donors (Lipinski definition) is 3. The van der Waals surface area contributed by atoms with Gasteiger partial charge in [-0.25, -0.2) is 0 Å². The van der Waals surface area contributed by atoms with Crippen molar-refractivity contribution in [3.8, 4) is 0 Å². The zero-order chi connectivity index (χ0) is 26.1. The van der Waals surface area contributed by atoms with Gasteiger partial charge in [-0.05, 0) is 32.0 Å². The van der Waals surface area contributed by atoms with Crippen LogP contribution in [0.4, 0.5) is 0 Å². The summed E-state index contributed by atoms with van der Waals surface area (Å²) in [6, 6.07) is 15.4. The minimum atomic E-state index is -1.32. The first-order valence-electron chi connectivity index (χ1n) is 13.0. The number of para-hydroxylation sites is 2. The summed E-state index contributed by atoms with van der Waals surface area (Å²) in [4.78, 5) is 29.3. The van der Waals surface area contributed by atoms with E-state index in [4.69, 9.17) is 10.5 Å². The van der Waals surface area contributed by atoms with Crippen LogP contribution in [-0.4, -0.2) is 61.4 Å². The average molecular weight is 511 g/mol. The third-order valence-corrected chi connectivity index (χ3v) is 8.73. The van der Waals surface area contributed by atoms with E-state index in [1.807, 2.05) is 57.7 Å². The predicted molar refractivity (Wildman–Crippen MR) is 142 cm³/mol. The lowest BCUT2D eigenvalue weighted by Crippen LogP contribution is -2.55. The maximum atomic E-state index is 14.0. The third-order valence-electron chi connectivity index (χ3n) is 8.73. The van der Waals surface area contributed by atoms with E-state index in [2.05, 4.69) is 0 Å². The van der Waals surface area contributed by atoms with Gasteiger partial charge in [0.25, 0.3) is 11.8 Å². The number of fused-ring (bicyclic) bond motifs is 13. The standard InChI is InChI=1S/C29H26N4O5/c1-29-26(35)18(34)13-19(38-29)32-16-9-4-2-7-14(16)20-22-23(28(37)31(27(22)36)12-6-11-30)21-15-8-3-5-10-17(15)33(29)25(21)24(20)32/h2-5,7-10,18-19,26,34-35H,6,11-13,30H2,1H3/t18-,19-,26-,29?/m1/s1. The number of benzene rings is 3. The number of aromatic nitrogens is 2. The second-order valence-electron chi connectivity index (χ2n) is 10.7. The number of aliphatic hydroxyl groups is 2. The van der Waals surface area contributed by atoms with Crippen LogP contribution < -0.4 is 5.73 Å². The first-order chi connectivity index (χ1) is 18.4. The van der Waals surface area contributed by atoms with Crippen molar-refractivity contribution in [1.82, 2.24) is 14.0 Å². The molecule has 0 saturated carbocycles. The van der Waals surface area contributed by atoms with E-state index in [1.54, 1.807) is 6.92 Å². The molecule has 4 N–H and O–H groups in total. The maximum absolute atomic E-state index is 14.0. The summed E-state index contributed by atoms with van der Waals surface area (Å²) in [5.74, 6) is -0.654. The van der Waals surface area contributed by atoms with Crippen LogP contribution >= 0.6 is 0 Å². The second kappa shape index (κ2) is 7.21. The highest BCUT2D eigenvalue weighted by molar-refractivity contribution is 6.39. The number of nitrogens with zero attached hydrogens (tertiary/aromatic N) is 3. The van der Waals surface area contributed by atoms with Crippen molar-refractivity contribution in [2.75, 3.05) is 13.1 Å². The Morgan fingerprint density at radius 2 is 1.55 bits per heavy atom. The summed E-state index contributed by atoms with van der Waals surface area (Å²) in [5, 5.41) is 25.4. The Morgan fingerprint density at radius 1 is 0.947 bits per heavy atom. The summed E-state index contributed by atoms with van der Waals surface area (Å²) >= 11 is 0. The van der Waals surface area contributed by atoms with Gasteiger partial charge in [-0.15, -0.1) is 0 Å². The van der Waals surface area contributed by atoms with Crippen molar-refractivity contribution in [1.29, 1.82) is 0 Å². The molecule has 192 valence electrons. The average Bonchev–Trinajstić information content (AvgIpc) is 3.49. The van der Waals surface area contributed by atoms with Crippen LogP contribution in [0, 0.1) is 0 Å². The van der Waals surface area contributed by atoms with Gasteiger partial charge in [0.2, 0.25) is 0 Å². The summed E-state index contributed by atoms with van der Waals surface area (Å²) < 4.78 is 10.7. The minimum Gasteiger partial charge on any atom is -0.390 e. The third kappa shape index (κ3) is 2.37. The van der Waals surface area contributed by atoms with Crippen LogP contribution in [0.1, 0.15) is 46.7 Å². The van der Waals surface area contributed by atoms with Gasteiger partial charge in [0, 0.05) is 34.5 Å². The minimum absolute atomic E-state index is 0.182. The van der Waals surface area contributed by atoms with Crippen molar-refractivity contribution in [3.63, 3.8) is 0 Å². The Hall–Kier alpha value is -3.76. The SMILES string of the molecule is CC12O[C@H](C[C@@H](O)[C@H]1O)n1c3ccccc3c3c4c(c5c6ccccc6n2c5c31)C(=O)N(CCCN)C4=O. The van der Waals surface area contributed by atoms with E-state index < -0.39 is 24.2 Å². The highest BCUT2D eigenvalue weighted by atomic mass is 16.6. The predicted octanol–water partition coefficient (Wildman–Crippen LogP) is 3.17. The zero-order valence-corrected chi connectivity index (χ0v) is 20.7. The molecule has 2 aromatic heterocycles. The van der Waals surface area contributed by atoms with Crippen LogP contribution in [0.2, 0.25) is 0 Å². The topological polar surface area (TPSA) is 123 Å². The number of imide groups is 1. The Kier molecular flexibility index (Phi) is 4.22. The monoisotopic (exact) mass is 510 g/mol. The molecule has 38 heavy (non-hydrogen) atoms. The summed E-state index contributed by atoms with van der Waals surface area (Å²) in [6.45, 7) is 2.40. The van der Waals surface area contributed by atoms with Gasteiger partial charge in [-0.2, -0.15) is 0 Å². The van der Waals surface area contributed by atoms with Crippen molar-refractivity contribution in [3.05, 3.63) is 59.7 Å². The number of ether oxygens (including phenoxy) is 1. The number of hydrogen-bond acceptors (Lipinski definition) is 6.